The van der Waals surface area contributed by atoms with Crippen LogP contribution in [0.2, 0.25) is 0 Å². The molecule has 0 radical (unpaired) electrons. The molecule has 0 spiro atoms. The van der Waals surface area contributed by atoms with Crippen LogP contribution in [0, 0.1) is 5.92 Å². The van der Waals surface area contributed by atoms with Crippen LogP contribution in [0.5, 0.6) is 0 Å². The van der Waals surface area contributed by atoms with Gasteiger partial charge in [-0.15, -0.1) is 5.10 Å². The molecule has 8 amide bonds. The van der Waals surface area contributed by atoms with E-state index in [2.05, 4.69) is 41.9 Å². The number of aromatic nitrogens is 4. The fourth-order valence-electron chi connectivity index (χ4n) is 8.45. The average molecular weight is 924 g/mol. The number of carbonyl (C=O) groups is 8. The zero-order valence-electron chi connectivity index (χ0n) is 37.7. The van der Waals surface area contributed by atoms with Crippen LogP contribution in [0.25, 0.3) is 10.9 Å². The topological polar surface area (TPSA) is 325 Å². The molecule has 6 rings (SSSR count). The summed E-state index contributed by atoms with van der Waals surface area (Å²) in [5.74, 6) is -6.75. The highest BCUT2D eigenvalue weighted by Gasteiger charge is 2.45. The zero-order valence-corrected chi connectivity index (χ0v) is 37.7. The van der Waals surface area contributed by atoms with Gasteiger partial charge in [-0.3, -0.25) is 38.4 Å². The molecule has 4 aromatic rings. The van der Waals surface area contributed by atoms with Crippen molar-refractivity contribution in [1.82, 2.24) is 51.5 Å². The van der Waals surface area contributed by atoms with Crippen molar-refractivity contribution >= 4 is 58.2 Å². The van der Waals surface area contributed by atoms with Crippen LogP contribution in [-0.2, 0) is 57.6 Å². The van der Waals surface area contributed by atoms with Crippen LogP contribution in [0.3, 0.4) is 0 Å². The summed E-state index contributed by atoms with van der Waals surface area (Å²) in [6.45, 7) is 3.60. The molecule has 8 atom stereocenters. The summed E-state index contributed by atoms with van der Waals surface area (Å²) in [6.07, 6.45) is 4.83. The number of primary amides is 2. The summed E-state index contributed by atoms with van der Waals surface area (Å²) in [5.41, 5.74) is 20.6. The molecule has 21 heteroatoms. The second-order valence-corrected chi connectivity index (χ2v) is 17.4. The normalized spacial score (nSPS) is 24.7. The van der Waals surface area contributed by atoms with E-state index in [1.165, 1.54) is 4.90 Å². The second-order valence-electron chi connectivity index (χ2n) is 17.4. The van der Waals surface area contributed by atoms with Crippen LogP contribution >= 0.6 is 0 Å². The van der Waals surface area contributed by atoms with Gasteiger partial charge in [0.1, 0.15) is 30.2 Å². The number of benzene rings is 2. The minimum Gasteiger partial charge on any atom is -0.370 e. The van der Waals surface area contributed by atoms with E-state index in [1.54, 1.807) is 30.9 Å². The average Bonchev–Trinajstić information content (AvgIpc) is 4.08. The molecule has 67 heavy (non-hydrogen) atoms. The number of aryl methyl sites for hydroxylation is 2. The fourth-order valence-corrected chi connectivity index (χ4v) is 8.45. The van der Waals surface area contributed by atoms with Gasteiger partial charge in [-0.2, -0.15) is 0 Å². The Morgan fingerprint density at radius 1 is 0.851 bits per heavy atom. The Hall–Kier alpha value is -7.16. The van der Waals surface area contributed by atoms with E-state index in [0.29, 0.717) is 43.4 Å². The summed E-state index contributed by atoms with van der Waals surface area (Å²) in [6, 6.07) is 8.80. The molecule has 0 saturated carbocycles. The Labute approximate surface area is 387 Å². The fraction of sp³-hybridized carbons (Fsp3) is 0.478. The van der Waals surface area contributed by atoms with Crippen molar-refractivity contribution in [2.75, 3.05) is 13.1 Å². The largest absolute Gasteiger partial charge is 0.370 e. The highest BCUT2D eigenvalue weighted by atomic mass is 16.2. The number of hydrogen-bond donors (Lipinski definition) is 9. The minimum atomic E-state index is -1.57. The molecule has 21 nitrogen and oxygen atoms in total. The van der Waals surface area contributed by atoms with Gasteiger partial charge in [0.2, 0.25) is 47.3 Å². The van der Waals surface area contributed by atoms with E-state index < -0.39 is 108 Å². The third kappa shape index (κ3) is 13.0. The summed E-state index contributed by atoms with van der Waals surface area (Å²) in [4.78, 5) is 114. The van der Waals surface area contributed by atoms with Gasteiger partial charge in [-0.25, -0.2) is 4.68 Å². The summed E-state index contributed by atoms with van der Waals surface area (Å²) < 4.78 is 1.61. The number of amides is 8. The minimum absolute atomic E-state index is 0.0162. The lowest BCUT2D eigenvalue weighted by molar-refractivity contribution is -0.143. The second kappa shape index (κ2) is 22.8. The Morgan fingerprint density at radius 2 is 1.57 bits per heavy atom. The van der Waals surface area contributed by atoms with E-state index >= 15 is 0 Å². The maximum absolute atomic E-state index is 15.0. The summed E-state index contributed by atoms with van der Waals surface area (Å²) >= 11 is 0. The standard InChI is InChI=1S/C46H61N13O8/c1-3-26(2)40-46(67)58-25-30(59-24-29(56-57-59)17-16-27-11-5-4-6-12-27)20-37(58)45(66)54-35(19-28-23-51-33-14-8-7-13-31(28)33)43(64)52-34(41(49)62)15-9-10-18-50-39(61)21-32(47)42(63)53-36(22-38(48)60)44(65)55-40/h4-8,11-14,23-24,26,30,32,34-37,40,51H,3,9-10,15-22,25,47H2,1-2H3,(H2,48,60)(H2,49,62)(H,50,61)(H,52,64)(H,53,63)(H,54,66)(H,55,65)/t26-,30?,32-,34?,35-,36?,37-,40-/m0/s1. The first-order chi connectivity index (χ1) is 32.1. The molecule has 2 aromatic carbocycles. The number of hydrogen-bond acceptors (Lipinski definition) is 11. The molecule has 4 heterocycles. The lowest BCUT2D eigenvalue weighted by atomic mass is 9.96. The summed E-state index contributed by atoms with van der Waals surface area (Å²) in [7, 11) is 0. The van der Waals surface area contributed by atoms with Crippen LogP contribution < -0.4 is 43.8 Å². The van der Waals surface area contributed by atoms with Crippen molar-refractivity contribution in [3.05, 3.63) is 83.8 Å². The molecule has 2 fully saturated rings. The van der Waals surface area contributed by atoms with Crippen molar-refractivity contribution in [2.45, 2.75) is 120 Å². The molecular weight excluding hydrogens is 863 g/mol. The number of nitrogens with one attached hydrogen (secondary N) is 6. The number of para-hydroxylation sites is 1. The first-order valence-corrected chi connectivity index (χ1v) is 22.7. The monoisotopic (exact) mass is 923 g/mol. The van der Waals surface area contributed by atoms with E-state index in [4.69, 9.17) is 17.2 Å². The maximum Gasteiger partial charge on any atom is 0.246 e. The Balaban J connectivity index is 1.36. The van der Waals surface area contributed by atoms with Gasteiger partial charge in [0.15, 0.2) is 0 Å². The SMILES string of the molecule is CC[C@H](C)[C@@H]1NC(=O)C(CC(N)=O)NC(=O)[C@@H](N)CC(=O)NCCCCC(C(N)=O)NC(=O)[C@H](Cc2c[nH]c3ccccc23)NC(=O)[C@@H]2CC(n3cc(CCc4ccccc4)nn3)CN2C1=O. The molecule has 358 valence electrons. The Kier molecular flexibility index (Phi) is 16.8. The van der Waals surface area contributed by atoms with Gasteiger partial charge in [0, 0.05) is 49.2 Å². The molecule has 0 aliphatic carbocycles. The van der Waals surface area contributed by atoms with Crippen molar-refractivity contribution in [3.8, 4) is 0 Å². The van der Waals surface area contributed by atoms with Crippen LogP contribution in [0.15, 0.2) is 67.0 Å². The highest BCUT2D eigenvalue weighted by Crippen LogP contribution is 2.30. The number of rotatable bonds is 11. The first-order valence-electron chi connectivity index (χ1n) is 22.7. The number of nitrogens with two attached hydrogens (primary N) is 3. The summed E-state index contributed by atoms with van der Waals surface area (Å²) in [5, 5.41) is 23.0. The number of H-pyrrole nitrogens is 1. The molecule has 0 bridgehead atoms. The van der Waals surface area contributed by atoms with E-state index in [-0.39, 0.29) is 32.4 Å². The van der Waals surface area contributed by atoms with E-state index in [9.17, 15) is 38.4 Å². The maximum atomic E-state index is 15.0. The quantitative estimate of drug-likeness (QED) is 0.0905. The molecular formula is C46H61N13O8. The molecule has 2 aromatic heterocycles. The molecule has 2 aliphatic heterocycles. The third-order valence-corrected chi connectivity index (χ3v) is 12.5. The first kappa shape index (κ1) is 49.3. The van der Waals surface area contributed by atoms with Gasteiger partial charge in [0.25, 0.3) is 0 Å². The number of fused-ring (bicyclic) bond motifs is 2. The Bertz CT molecular complexity index is 2420. The van der Waals surface area contributed by atoms with Crippen molar-refractivity contribution in [2.24, 2.45) is 23.1 Å². The molecule has 12 N–H and O–H groups in total. The molecule has 3 unspecified atom stereocenters. The number of aromatic amines is 1. The number of carbonyl (C=O) groups excluding carboxylic acids is 8. The van der Waals surface area contributed by atoms with Gasteiger partial charge in [0.05, 0.1) is 30.6 Å². The predicted octanol–water partition coefficient (Wildman–Crippen LogP) is -0.707. The van der Waals surface area contributed by atoms with Crippen LogP contribution in [0.4, 0.5) is 0 Å². The third-order valence-electron chi connectivity index (χ3n) is 12.5. The predicted molar refractivity (Wildman–Crippen MR) is 245 cm³/mol. The van der Waals surface area contributed by atoms with Gasteiger partial charge >= 0.3 is 0 Å². The van der Waals surface area contributed by atoms with Gasteiger partial charge < -0.3 is 53.7 Å². The van der Waals surface area contributed by atoms with Gasteiger partial charge in [-0.05, 0) is 55.2 Å². The molecule has 2 aliphatic rings. The van der Waals surface area contributed by atoms with Crippen molar-refractivity contribution in [1.29, 1.82) is 0 Å². The van der Waals surface area contributed by atoms with Crippen LogP contribution in [-0.4, -0.2) is 121 Å². The van der Waals surface area contributed by atoms with Gasteiger partial charge in [-0.1, -0.05) is 74.0 Å². The van der Waals surface area contributed by atoms with Crippen LogP contribution in [0.1, 0.15) is 81.7 Å². The van der Waals surface area contributed by atoms with E-state index in [1.807, 2.05) is 54.6 Å². The Morgan fingerprint density at radius 3 is 2.30 bits per heavy atom. The number of nitrogens with zero attached hydrogens (tertiary/aromatic N) is 4. The van der Waals surface area contributed by atoms with Crippen molar-refractivity contribution < 1.29 is 38.4 Å². The lowest BCUT2D eigenvalue weighted by Gasteiger charge is -2.33. The van der Waals surface area contributed by atoms with E-state index in [0.717, 1.165) is 16.5 Å². The zero-order chi connectivity index (χ0) is 48.2. The van der Waals surface area contributed by atoms with Crippen molar-refractivity contribution in [3.63, 3.8) is 0 Å². The lowest BCUT2D eigenvalue weighted by Crippen LogP contribution is -2.60. The smallest absolute Gasteiger partial charge is 0.246 e. The molecule has 2 saturated heterocycles. The highest BCUT2D eigenvalue weighted by molar-refractivity contribution is 5.99.